The summed E-state index contributed by atoms with van der Waals surface area (Å²) >= 11 is 0. The van der Waals surface area contributed by atoms with Crippen LogP contribution >= 0.6 is 0 Å². The van der Waals surface area contributed by atoms with Crippen LogP contribution in [0.3, 0.4) is 0 Å². The van der Waals surface area contributed by atoms with Crippen LogP contribution in [0.2, 0.25) is 0 Å². The van der Waals surface area contributed by atoms with Crippen molar-refractivity contribution in [2.45, 2.75) is 13.8 Å². The van der Waals surface area contributed by atoms with Crippen molar-refractivity contribution in [2.24, 2.45) is 0 Å². The molecule has 0 fully saturated rings. The topological polar surface area (TPSA) is 53.6 Å². The number of carbonyl (C=O) groups is 1. The number of benzene rings is 5. The Hall–Kier alpha value is -5.10. The van der Waals surface area contributed by atoms with E-state index in [0.717, 1.165) is 22.6 Å². The van der Waals surface area contributed by atoms with Gasteiger partial charge in [0, 0.05) is 53.8 Å². The number of fused-ring (bicyclic) bond motifs is 6. The molecule has 7 heteroatoms. The Morgan fingerprint density at radius 1 is 0.696 bits per heavy atom. The molecule has 5 aromatic carbocycles. The number of nitrogens with zero attached hydrogens (tertiary/aromatic N) is 4. The smallest absolute Gasteiger partial charge is 0.155 e. The SMILES string of the molecule is CC(=O)/C=C(/C)O.CN1C=CN(c2[c-]cc3c(c2)c2cc4c5ccccc5n(-c5ccccc5)c4cc2n3-c2ccccc2)[CH-]1.[Ir]. The minimum Gasteiger partial charge on any atom is -0.512 e. The average molecular weight is 781 g/mol. The van der Waals surface area contributed by atoms with Gasteiger partial charge in [-0.05, 0) is 81.1 Å². The number of rotatable bonds is 4. The molecule has 0 amide bonds. The van der Waals surface area contributed by atoms with Crippen molar-refractivity contribution in [3.05, 3.63) is 146 Å². The fourth-order valence-corrected chi connectivity index (χ4v) is 6.15. The van der Waals surface area contributed by atoms with Crippen LogP contribution in [0.4, 0.5) is 5.69 Å². The summed E-state index contributed by atoms with van der Waals surface area (Å²) in [5, 5.41) is 13.3. The van der Waals surface area contributed by atoms with Gasteiger partial charge < -0.3 is 24.0 Å². The van der Waals surface area contributed by atoms with Gasteiger partial charge in [0.25, 0.3) is 0 Å². The Morgan fingerprint density at radius 2 is 1.26 bits per heavy atom. The van der Waals surface area contributed by atoms with Crippen molar-refractivity contribution in [2.75, 3.05) is 11.9 Å². The second kappa shape index (κ2) is 12.7. The largest absolute Gasteiger partial charge is 0.512 e. The van der Waals surface area contributed by atoms with E-state index in [1.807, 2.05) is 18.1 Å². The molecular formula is C39H32IrN4O2-2. The third-order valence-electron chi connectivity index (χ3n) is 7.96. The monoisotopic (exact) mass is 781 g/mol. The molecule has 1 aliphatic rings. The van der Waals surface area contributed by atoms with Gasteiger partial charge in [-0.1, -0.05) is 60.1 Å². The summed E-state index contributed by atoms with van der Waals surface area (Å²) in [6, 6.07) is 42.7. The van der Waals surface area contributed by atoms with Gasteiger partial charge in [0.2, 0.25) is 0 Å². The first-order valence-corrected chi connectivity index (χ1v) is 14.8. The van der Waals surface area contributed by atoms with Crippen LogP contribution in [-0.2, 0) is 24.9 Å². The maximum absolute atomic E-state index is 10.0. The Morgan fingerprint density at radius 3 is 1.83 bits per heavy atom. The molecule has 1 radical (unpaired) electrons. The summed E-state index contributed by atoms with van der Waals surface area (Å²) in [5.74, 6) is -0.0625. The number of aliphatic hydroxyl groups excluding tert-OH is 1. The van der Waals surface area contributed by atoms with E-state index in [-0.39, 0.29) is 31.6 Å². The molecule has 46 heavy (non-hydrogen) atoms. The van der Waals surface area contributed by atoms with Crippen LogP contribution in [0.25, 0.3) is 55.0 Å². The van der Waals surface area contributed by atoms with E-state index >= 15 is 0 Å². The normalized spacial score (nSPS) is 13.0. The molecule has 231 valence electrons. The van der Waals surface area contributed by atoms with Gasteiger partial charge in [-0.25, -0.2) is 0 Å². The number of hydrogen-bond acceptors (Lipinski definition) is 4. The summed E-state index contributed by atoms with van der Waals surface area (Å²) in [7, 11) is 2.04. The Kier molecular flexibility index (Phi) is 8.54. The number of allylic oxidation sites excluding steroid dienone is 2. The molecule has 2 aromatic heterocycles. The molecule has 0 bridgehead atoms. The fourth-order valence-electron chi connectivity index (χ4n) is 6.15. The molecule has 7 aromatic rings. The van der Waals surface area contributed by atoms with Crippen molar-refractivity contribution < 1.29 is 30.0 Å². The first kappa shape index (κ1) is 30.9. The first-order chi connectivity index (χ1) is 21.9. The quantitative estimate of drug-likeness (QED) is 0.110. The van der Waals surface area contributed by atoms with Gasteiger partial charge in [0.05, 0.1) is 16.8 Å². The van der Waals surface area contributed by atoms with Gasteiger partial charge in [0.15, 0.2) is 5.78 Å². The molecule has 1 N–H and O–H groups in total. The molecule has 6 nitrogen and oxygen atoms in total. The van der Waals surface area contributed by atoms with Gasteiger partial charge in [-0.2, -0.15) is 18.8 Å². The van der Waals surface area contributed by atoms with Crippen molar-refractivity contribution in [1.82, 2.24) is 14.0 Å². The van der Waals surface area contributed by atoms with Crippen molar-refractivity contribution in [3.8, 4) is 11.4 Å². The number of ketones is 1. The molecular weight excluding hydrogens is 749 g/mol. The minimum absolute atomic E-state index is 0. The van der Waals surface area contributed by atoms with Crippen LogP contribution < -0.4 is 4.90 Å². The first-order valence-electron chi connectivity index (χ1n) is 14.8. The average Bonchev–Trinajstić information content (AvgIpc) is 3.71. The third kappa shape index (κ3) is 5.60. The van der Waals surface area contributed by atoms with Gasteiger partial charge in [-0.3, -0.25) is 4.79 Å². The van der Waals surface area contributed by atoms with Crippen LogP contribution in [-0.4, -0.2) is 32.0 Å². The number of aromatic nitrogens is 2. The maximum atomic E-state index is 10.0. The second-order valence-corrected chi connectivity index (χ2v) is 11.2. The van der Waals surface area contributed by atoms with Gasteiger partial charge in [0.1, 0.15) is 0 Å². The fraction of sp³-hybridized carbons (Fsp3) is 0.0769. The molecule has 0 spiro atoms. The second-order valence-electron chi connectivity index (χ2n) is 11.2. The molecule has 0 saturated heterocycles. The zero-order chi connectivity index (χ0) is 31.1. The van der Waals surface area contributed by atoms with Crippen LogP contribution in [0, 0.1) is 12.7 Å². The van der Waals surface area contributed by atoms with Crippen molar-refractivity contribution >= 4 is 55.1 Å². The van der Waals surface area contributed by atoms with Crippen molar-refractivity contribution in [1.29, 1.82) is 0 Å². The zero-order valence-corrected chi connectivity index (χ0v) is 28.1. The van der Waals surface area contributed by atoms with E-state index in [2.05, 4.69) is 142 Å². The number of hydrogen-bond donors (Lipinski definition) is 1. The van der Waals surface area contributed by atoms with Crippen molar-refractivity contribution in [3.63, 3.8) is 0 Å². The van der Waals surface area contributed by atoms with E-state index in [1.165, 1.54) is 58.0 Å². The van der Waals surface area contributed by atoms with Gasteiger partial charge >= 0.3 is 0 Å². The number of anilines is 1. The Balaban J connectivity index is 0.000000421. The van der Waals surface area contributed by atoms with Crippen LogP contribution in [0.1, 0.15) is 13.8 Å². The van der Waals surface area contributed by atoms with E-state index in [0.29, 0.717) is 0 Å². The number of carbonyl (C=O) groups excluding carboxylic acids is 1. The maximum Gasteiger partial charge on any atom is 0.155 e. The van der Waals surface area contributed by atoms with E-state index in [1.54, 1.807) is 0 Å². The van der Waals surface area contributed by atoms with Gasteiger partial charge in [-0.15, -0.1) is 17.1 Å². The van der Waals surface area contributed by atoms with Crippen LogP contribution in [0.15, 0.2) is 133 Å². The number of aliphatic hydroxyl groups is 1. The molecule has 0 unspecified atom stereocenters. The predicted octanol–water partition coefficient (Wildman–Crippen LogP) is 9.06. The third-order valence-corrected chi connectivity index (χ3v) is 7.96. The van der Waals surface area contributed by atoms with E-state index in [4.69, 9.17) is 5.11 Å². The van der Waals surface area contributed by atoms with Crippen LogP contribution in [0.5, 0.6) is 0 Å². The Bertz CT molecular complexity index is 2260. The summed E-state index contributed by atoms with van der Waals surface area (Å²) in [6.07, 6.45) is 5.28. The molecule has 0 aliphatic carbocycles. The molecule has 1 aliphatic heterocycles. The summed E-state index contributed by atoms with van der Waals surface area (Å²) in [4.78, 5) is 14.2. The zero-order valence-electron chi connectivity index (χ0n) is 25.7. The van der Waals surface area contributed by atoms with E-state index in [9.17, 15) is 4.79 Å². The summed E-state index contributed by atoms with van der Waals surface area (Å²) in [6.45, 7) is 4.92. The molecule has 0 atom stereocenters. The Labute approximate surface area is 281 Å². The molecule has 3 heterocycles. The summed E-state index contributed by atoms with van der Waals surface area (Å²) in [5.41, 5.74) is 8.07. The predicted molar refractivity (Wildman–Crippen MR) is 185 cm³/mol. The van der Waals surface area contributed by atoms with E-state index < -0.39 is 0 Å². The summed E-state index contributed by atoms with van der Waals surface area (Å²) < 4.78 is 4.75. The molecule has 8 rings (SSSR count). The minimum atomic E-state index is -0.125. The number of para-hydroxylation sites is 3. The standard InChI is InChI=1S/C34H24N4.C5H8O2.Ir/c1-35-18-19-36(23-35)26-16-17-32-28(20-26)30-21-29-27-14-8-9-15-31(27)37(24-10-4-2-5-11-24)33(29)22-34(30)38(32)25-12-6-3-7-13-25;1-4(6)3-5(2)7;/h2-15,17-23H,1H3;3,6H,1-2H3;/q-2;;/b;4-3-;. The molecule has 0 saturated carbocycles.